The number of ether oxygens (including phenoxy) is 1. The number of nitrogens with one attached hydrogen (secondary N) is 1. The molecule has 0 aliphatic carbocycles. The maximum atomic E-state index is 12.9. The van der Waals surface area contributed by atoms with E-state index in [4.69, 9.17) is 4.74 Å². The number of carbonyl (C=O) groups is 1. The number of halogens is 3. The molecule has 1 heterocycles. The van der Waals surface area contributed by atoms with Crippen molar-refractivity contribution in [1.29, 1.82) is 0 Å². The van der Waals surface area contributed by atoms with E-state index < -0.39 is 11.7 Å². The van der Waals surface area contributed by atoms with E-state index in [2.05, 4.69) is 69.0 Å². The quantitative estimate of drug-likeness (QED) is 0.344. The normalized spacial score (nSPS) is 16.3. The summed E-state index contributed by atoms with van der Waals surface area (Å²) >= 11 is 0. The van der Waals surface area contributed by atoms with E-state index in [0.29, 0.717) is 38.8 Å². The Bertz CT molecular complexity index is 1100. The second-order valence-electron chi connectivity index (χ2n) is 11.2. The highest BCUT2D eigenvalue weighted by Gasteiger charge is 2.31. The molecule has 2 atom stereocenters. The second kappa shape index (κ2) is 14.3. The minimum atomic E-state index is -4.41. The number of nitrogens with zero attached hydrogens (tertiary/aromatic N) is 3. The number of unbranched alkanes of at least 4 members (excludes halogenated alkanes) is 1. The molecule has 1 N–H and O–H groups in total. The lowest BCUT2D eigenvalue weighted by Crippen LogP contribution is -2.49. The molecule has 0 bridgehead atoms. The van der Waals surface area contributed by atoms with Crippen molar-refractivity contribution in [2.45, 2.75) is 58.8 Å². The van der Waals surface area contributed by atoms with Gasteiger partial charge in [0.1, 0.15) is 5.75 Å². The number of amides is 1. The summed E-state index contributed by atoms with van der Waals surface area (Å²) in [5.41, 5.74) is 3.15. The van der Waals surface area contributed by atoms with Crippen LogP contribution in [0.5, 0.6) is 5.75 Å². The van der Waals surface area contributed by atoms with Crippen LogP contribution in [0.1, 0.15) is 65.3 Å². The van der Waals surface area contributed by atoms with Crippen molar-refractivity contribution in [3.63, 3.8) is 0 Å². The molecule has 0 aromatic heterocycles. The van der Waals surface area contributed by atoms with Gasteiger partial charge in [-0.05, 0) is 108 Å². The Morgan fingerprint density at radius 1 is 0.975 bits per heavy atom. The van der Waals surface area contributed by atoms with Crippen LogP contribution in [0.25, 0.3) is 0 Å². The largest absolute Gasteiger partial charge is 0.493 e. The molecule has 222 valence electrons. The number of benzene rings is 2. The van der Waals surface area contributed by atoms with Crippen LogP contribution < -0.4 is 10.1 Å². The highest BCUT2D eigenvalue weighted by molar-refractivity contribution is 5.94. The Morgan fingerprint density at radius 2 is 1.62 bits per heavy atom. The zero-order valence-corrected chi connectivity index (χ0v) is 24.8. The van der Waals surface area contributed by atoms with Crippen LogP contribution in [0.4, 0.5) is 13.2 Å². The van der Waals surface area contributed by atoms with Crippen molar-refractivity contribution in [2.75, 3.05) is 60.0 Å². The van der Waals surface area contributed by atoms with Crippen molar-refractivity contribution in [1.82, 2.24) is 20.0 Å². The minimum Gasteiger partial charge on any atom is -0.493 e. The zero-order chi connectivity index (χ0) is 29.4. The van der Waals surface area contributed by atoms with Crippen LogP contribution in [-0.4, -0.2) is 86.6 Å². The fraction of sp³-hybridized carbons (Fsp3) is 0.581. The van der Waals surface area contributed by atoms with E-state index in [1.807, 2.05) is 0 Å². The summed E-state index contributed by atoms with van der Waals surface area (Å²) in [6.07, 6.45) is -2.35. The van der Waals surface area contributed by atoms with E-state index >= 15 is 0 Å². The summed E-state index contributed by atoms with van der Waals surface area (Å²) in [7, 11) is 4.17. The van der Waals surface area contributed by atoms with Gasteiger partial charge in [0.05, 0.1) is 12.2 Å². The molecule has 0 radical (unpaired) electrons. The molecule has 1 saturated heterocycles. The third-order valence-electron chi connectivity index (χ3n) is 7.80. The number of rotatable bonds is 12. The maximum absolute atomic E-state index is 12.9. The van der Waals surface area contributed by atoms with Crippen LogP contribution in [0, 0.1) is 13.8 Å². The van der Waals surface area contributed by atoms with Gasteiger partial charge in [0.15, 0.2) is 0 Å². The lowest BCUT2D eigenvalue weighted by atomic mass is 9.96. The van der Waals surface area contributed by atoms with Crippen molar-refractivity contribution in [3.05, 3.63) is 64.2 Å². The summed E-state index contributed by atoms with van der Waals surface area (Å²) in [5, 5.41) is 3.55. The van der Waals surface area contributed by atoms with Crippen LogP contribution in [-0.2, 0) is 6.18 Å². The summed E-state index contributed by atoms with van der Waals surface area (Å²) in [6, 6.07) is 9.32. The molecule has 6 nitrogen and oxygen atoms in total. The van der Waals surface area contributed by atoms with Gasteiger partial charge >= 0.3 is 6.18 Å². The van der Waals surface area contributed by atoms with E-state index in [9.17, 15) is 18.0 Å². The summed E-state index contributed by atoms with van der Waals surface area (Å²) in [6.45, 7) is 13.8. The van der Waals surface area contributed by atoms with Crippen LogP contribution in [0.15, 0.2) is 36.4 Å². The number of alkyl halides is 3. The molecule has 9 heteroatoms. The average molecular weight is 563 g/mol. The molecule has 1 aliphatic rings. The molecular weight excluding hydrogens is 517 g/mol. The Morgan fingerprint density at radius 3 is 2.23 bits per heavy atom. The summed E-state index contributed by atoms with van der Waals surface area (Å²) < 4.78 is 44.7. The van der Waals surface area contributed by atoms with Gasteiger partial charge in [-0.2, -0.15) is 13.2 Å². The first kappa shape index (κ1) is 31.9. The van der Waals surface area contributed by atoms with Gasteiger partial charge in [-0.15, -0.1) is 0 Å². The molecule has 0 saturated carbocycles. The summed E-state index contributed by atoms with van der Waals surface area (Å²) in [4.78, 5) is 19.1. The molecule has 40 heavy (non-hydrogen) atoms. The van der Waals surface area contributed by atoms with Gasteiger partial charge in [0.2, 0.25) is 0 Å². The number of likely N-dealkylation sites (N-methyl/N-ethyl adjacent to an activating group) is 1. The van der Waals surface area contributed by atoms with E-state index in [1.165, 1.54) is 23.3 Å². The van der Waals surface area contributed by atoms with Gasteiger partial charge in [-0.1, -0.05) is 6.07 Å². The monoisotopic (exact) mass is 562 g/mol. The Balaban J connectivity index is 1.48. The SMILES string of the molecule is Cc1c(OCCCCNC(C)CN(C)C)ccc(C(C)N2CCN(C(=O)c3ccc(C(F)(F)F)cc3)CC2)c1C. The van der Waals surface area contributed by atoms with E-state index in [-0.39, 0.29) is 17.5 Å². The first-order valence-corrected chi connectivity index (χ1v) is 14.2. The Hall–Kier alpha value is -2.62. The Kier molecular flexibility index (Phi) is 11.4. The van der Waals surface area contributed by atoms with Crippen LogP contribution >= 0.6 is 0 Å². The topological polar surface area (TPSA) is 48.1 Å². The number of carbonyl (C=O) groups excluding carboxylic acids is 1. The zero-order valence-electron chi connectivity index (χ0n) is 24.8. The molecule has 2 aromatic carbocycles. The lowest BCUT2D eigenvalue weighted by molar-refractivity contribution is -0.137. The Labute approximate surface area is 237 Å². The fourth-order valence-corrected chi connectivity index (χ4v) is 5.29. The van der Waals surface area contributed by atoms with Crippen molar-refractivity contribution < 1.29 is 22.7 Å². The number of piperazine rings is 1. The van der Waals surface area contributed by atoms with E-state index in [1.54, 1.807) is 4.90 Å². The fourth-order valence-electron chi connectivity index (χ4n) is 5.29. The van der Waals surface area contributed by atoms with Crippen molar-refractivity contribution >= 4 is 5.91 Å². The molecule has 2 unspecified atom stereocenters. The molecule has 1 aliphatic heterocycles. The molecule has 1 amide bonds. The lowest BCUT2D eigenvalue weighted by Gasteiger charge is -2.39. The molecule has 2 aromatic rings. The third-order valence-corrected chi connectivity index (χ3v) is 7.80. The molecule has 0 spiro atoms. The number of hydrogen-bond donors (Lipinski definition) is 1. The first-order valence-electron chi connectivity index (χ1n) is 14.2. The van der Waals surface area contributed by atoms with Crippen LogP contribution in [0.2, 0.25) is 0 Å². The molecule has 1 fully saturated rings. The molecular formula is C31H45F3N4O2. The predicted octanol–water partition coefficient (Wildman–Crippen LogP) is 5.54. The smallest absolute Gasteiger partial charge is 0.416 e. The van der Waals surface area contributed by atoms with Crippen molar-refractivity contribution in [2.24, 2.45) is 0 Å². The van der Waals surface area contributed by atoms with Gasteiger partial charge in [-0.25, -0.2) is 0 Å². The average Bonchev–Trinajstić information content (AvgIpc) is 2.91. The minimum absolute atomic E-state index is 0.173. The van der Waals surface area contributed by atoms with E-state index in [0.717, 1.165) is 49.4 Å². The maximum Gasteiger partial charge on any atom is 0.416 e. The first-order chi connectivity index (χ1) is 18.9. The van der Waals surface area contributed by atoms with Crippen LogP contribution in [0.3, 0.4) is 0 Å². The van der Waals surface area contributed by atoms with Gasteiger partial charge in [0.25, 0.3) is 5.91 Å². The second-order valence-corrected chi connectivity index (χ2v) is 11.2. The van der Waals surface area contributed by atoms with Gasteiger partial charge in [0, 0.05) is 50.4 Å². The third kappa shape index (κ3) is 8.69. The predicted molar refractivity (Wildman–Crippen MR) is 154 cm³/mol. The highest BCUT2D eigenvalue weighted by atomic mass is 19.4. The molecule has 3 rings (SSSR count). The standard InChI is InChI=1S/C31H45F3N4O2/c1-22(21-36(5)6)35-15-7-8-20-40-29-14-13-28(23(2)24(29)3)25(4)37-16-18-38(19-17-37)30(39)26-9-11-27(12-10-26)31(32,33)34/h9-14,22,25,35H,7-8,15-21H2,1-6H3. The summed E-state index contributed by atoms with van der Waals surface area (Å²) in [5.74, 6) is 0.697. The van der Waals surface area contributed by atoms with Crippen molar-refractivity contribution in [3.8, 4) is 5.75 Å². The highest BCUT2D eigenvalue weighted by Crippen LogP contribution is 2.32. The van der Waals surface area contributed by atoms with Gasteiger partial charge in [-0.3, -0.25) is 9.69 Å². The van der Waals surface area contributed by atoms with Gasteiger partial charge < -0.3 is 19.9 Å². The number of hydrogen-bond acceptors (Lipinski definition) is 5.